The van der Waals surface area contributed by atoms with Gasteiger partial charge < -0.3 is 0 Å². The normalized spacial score (nSPS) is 10.2. The Morgan fingerprint density at radius 3 is 2.69 bits per heavy atom. The average Bonchev–Trinajstić information content (AvgIpc) is 2.16. The molecule has 0 fully saturated rings. The van der Waals surface area contributed by atoms with Crippen molar-refractivity contribution < 1.29 is 0 Å². The van der Waals surface area contributed by atoms with Gasteiger partial charge in [0.05, 0.1) is 0 Å². The van der Waals surface area contributed by atoms with Crippen molar-refractivity contribution in [2.24, 2.45) is 0 Å². The Morgan fingerprint density at radius 1 is 1.15 bits per heavy atom. The summed E-state index contributed by atoms with van der Waals surface area (Å²) in [6.07, 6.45) is 17.2. The highest BCUT2D eigenvalue weighted by molar-refractivity contribution is 5.04. The monoisotopic (exact) mass is 174 g/mol. The second-order valence-corrected chi connectivity index (χ2v) is 2.61. The SMILES string of the molecule is C=CCC=CC=C=CCC=CCC. The molecule has 70 valence electrons. The summed E-state index contributed by atoms with van der Waals surface area (Å²) < 4.78 is 0. The maximum atomic E-state index is 3.63. The zero-order valence-electron chi connectivity index (χ0n) is 8.37. The first-order valence-corrected chi connectivity index (χ1v) is 4.73. The first kappa shape index (κ1) is 11.7. The third-order valence-corrected chi connectivity index (χ3v) is 1.41. The van der Waals surface area contributed by atoms with E-state index >= 15 is 0 Å². The lowest BCUT2D eigenvalue weighted by Gasteiger charge is -1.77. The molecule has 0 aliphatic rings. The highest BCUT2D eigenvalue weighted by Gasteiger charge is 1.67. The standard InChI is InChI=1S/C13H18/c1-3-5-7-9-11-13-12-10-8-6-4-2/h3,6-9,11-12H,1,4-5,10H2,2H3. The van der Waals surface area contributed by atoms with Crippen LogP contribution in [0.3, 0.4) is 0 Å². The Kier molecular flexibility index (Phi) is 9.70. The second-order valence-electron chi connectivity index (χ2n) is 2.61. The van der Waals surface area contributed by atoms with Crippen LogP contribution >= 0.6 is 0 Å². The van der Waals surface area contributed by atoms with Crippen LogP contribution in [0.4, 0.5) is 0 Å². The van der Waals surface area contributed by atoms with Crippen molar-refractivity contribution >= 4 is 0 Å². The molecule has 0 heteroatoms. The fourth-order valence-electron chi connectivity index (χ4n) is 0.765. The Labute approximate surface area is 81.7 Å². The minimum atomic E-state index is 0.925. The molecule has 0 heterocycles. The summed E-state index contributed by atoms with van der Waals surface area (Å²) in [5, 5.41) is 0. The summed E-state index contributed by atoms with van der Waals surface area (Å²) in [7, 11) is 0. The van der Waals surface area contributed by atoms with Gasteiger partial charge in [-0.3, -0.25) is 0 Å². The molecule has 0 aromatic carbocycles. The zero-order chi connectivity index (χ0) is 9.78. The van der Waals surface area contributed by atoms with Crippen molar-refractivity contribution in [1.29, 1.82) is 0 Å². The van der Waals surface area contributed by atoms with Gasteiger partial charge in [-0.2, -0.15) is 0 Å². The maximum absolute atomic E-state index is 3.63. The molecule has 0 bridgehead atoms. The molecule has 0 radical (unpaired) electrons. The van der Waals surface area contributed by atoms with E-state index in [0.29, 0.717) is 0 Å². The van der Waals surface area contributed by atoms with Crippen LogP contribution < -0.4 is 0 Å². The molecular weight excluding hydrogens is 156 g/mol. The smallest absolute Gasteiger partial charge is 0.00929 e. The quantitative estimate of drug-likeness (QED) is 0.322. The first-order valence-electron chi connectivity index (χ1n) is 4.73. The highest BCUT2D eigenvalue weighted by atomic mass is 13.7. The molecule has 13 heavy (non-hydrogen) atoms. The molecule has 0 aliphatic heterocycles. The van der Waals surface area contributed by atoms with Crippen LogP contribution in [-0.2, 0) is 0 Å². The molecule has 0 atom stereocenters. The summed E-state index contributed by atoms with van der Waals surface area (Å²) in [6, 6.07) is 0. The van der Waals surface area contributed by atoms with Gasteiger partial charge in [0.25, 0.3) is 0 Å². The summed E-state index contributed by atoms with van der Waals surface area (Å²) in [5.74, 6) is 0. The fourth-order valence-corrected chi connectivity index (χ4v) is 0.765. The van der Waals surface area contributed by atoms with Crippen LogP contribution in [0.2, 0.25) is 0 Å². The predicted molar refractivity (Wildman–Crippen MR) is 60.7 cm³/mol. The topological polar surface area (TPSA) is 0 Å². The summed E-state index contributed by atoms with van der Waals surface area (Å²) >= 11 is 0. The Balaban J connectivity index is 3.58. The fraction of sp³-hybridized carbons (Fsp3) is 0.308. The van der Waals surface area contributed by atoms with Crippen molar-refractivity contribution in [2.75, 3.05) is 0 Å². The minimum Gasteiger partial charge on any atom is -0.125 e. The lowest BCUT2D eigenvalue weighted by atomic mass is 10.3. The number of hydrogen-bond acceptors (Lipinski definition) is 0. The number of hydrogen-bond donors (Lipinski definition) is 0. The Bertz CT molecular complexity index is 222. The average molecular weight is 174 g/mol. The van der Waals surface area contributed by atoms with Gasteiger partial charge in [-0.15, -0.1) is 12.3 Å². The van der Waals surface area contributed by atoms with Gasteiger partial charge in [0.15, 0.2) is 0 Å². The molecular formula is C13H18. The van der Waals surface area contributed by atoms with E-state index < -0.39 is 0 Å². The van der Waals surface area contributed by atoms with Crippen molar-refractivity contribution in [1.82, 2.24) is 0 Å². The van der Waals surface area contributed by atoms with Gasteiger partial charge in [0.2, 0.25) is 0 Å². The van der Waals surface area contributed by atoms with Crippen LogP contribution in [0, 0.1) is 0 Å². The molecule has 0 saturated heterocycles. The van der Waals surface area contributed by atoms with Crippen LogP contribution in [0.25, 0.3) is 0 Å². The van der Waals surface area contributed by atoms with E-state index in [1.165, 1.54) is 0 Å². The molecule has 0 amide bonds. The zero-order valence-corrected chi connectivity index (χ0v) is 8.37. The Morgan fingerprint density at radius 2 is 2.00 bits per heavy atom. The molecule has 0 unspecified atom stereocenters. The predicted octanol–water partition coefficient (Wildman–Crippen LogP) is 4.19. The van der Waals surface area contributed by atoms with E-state index in [1.807, 2.05) is 24.3 Å². The van der Waals surface area contributed by atoms with E-state index in [1.54, 1.807) is 0 Å². The van der Waals surface area contributed by atoms with Gasteiger partial charge in [-0.25, -0.2) is 0 Å². The van der Waals surface area contributed by atoms with E-state index in [9.17, 15) is 0 Å². The summed E-state index contributed by atoms with van der Waals surface area (Å²) in [6.45, 7) is 5.76. The molecule has 0 nitrogen and oxygen atoms in total. The second kappa shape index (κ2) is 10.7. The van der Waals surface area contributed by atoms with Crippen molar-refractivity contribution in [3.8, 4) is 0 Å². The largest absolute Gasteiger partial charge is 0.125 e. The van der Waals surface area contributed by atoms with Gasteiger partial charge in [0.1, 0.15) is 0 Å². The minimum absolute atomic E-state index is 0.925. The molecule has 0 aliphatic carbocycles. The van der Waals surface area contributed by atoms with Crippen LogP contribution in [0.1, 0.15) is 26.2 Å². The van der Waals surface area contributed by atoms with E-state index in [-0.39, 0.29) is 0 Å². The molecule has 0 aromatic heterocycles. The summed E-state index contributed by atoms with van der Waals surface area (Å²) in [4.78, 5) is 0. The lowest BCUT2D eigenvalue weighted by Crippen LogP contribution is -1.56. The van der Waals surface area contributed by atoms with E-state index in [0.717, 1.165) is 19.3 Å². The third-order valence-electron chi connectivity index (χ3n) is 1.41. The highest BCUT2D eigenvalue weighted by Crippen LogP contribution is 1.87. The molecule has 0 rings (SSSR count). The van der Waals surface area contributed by atoms with Crippen molar-refractivity contribution in [3.05, 3.63) is 54.8 Å². The van der Waals surface area contributed by atoms with Crippen molar-refractivity contribution in [2.45, 2.75) is 26.2 Å². The first-order chi connectivity index (χ1) is 6.41. The maximum Gasteiger partial charge on any atom is -0.00929 e. The number of rotatable bonds is 6. The van der Waals surface area contributed by atoms with Crippen LogP contribution in [0.15, 0.2) is 54.8 Å². The van der Waals surface area contributed by atoms with Gasteiger partial charge in [-0.1, -0.05) is 37.3 Å². The summed E-state index contributed by atoms with van der Waals surface area (Å²) in [5.41, 5.74) is 3.08. The molecule has 0 N–H and O–H groups in total. The van der Waals surface area contributed by atoms with Crippen molar-refractivity contribution in [3.63, 3.8) is 0 Å². The molecule has 0 spiro atoms. The van der Waals surface area contributed by atoms with Gasteiger partial charge in [-0.05, 0) is 31.4 Å². The number of allylic oxidation sites excluding steroid dienone is 6. The Hall–Kier alpha value is -1.26. The van der Waals surface area contributed by atoms with Crippen LogP contribution in [-0.4, -0.2) is 0 Å². The van der Waals surface area contributed by atoms with Gasteiger partial charge in [0, 0.05) is 0 Å². The van der Waals surface area contributed by atoms with Gasteiger partial charge >= 0.3 is 0 Å². The molecule has 0 aromatic rings. The van der Waals surface area contributed by atoms with E-state index in [4.69, 9.17) is 0 Å². The van der Waals surface area contributed by atoms with E-state index in [2.05, 4.69) is 37.5 Å². The van der Waals surface area contributed by atoms with Crippen LogP contribution in [0.5, 0.6) is 0 Å². The molecule has 0 saturated carbocycles. The third kappa shape index (κ3) is 10.7. The lowest BCUT2D eigenvalue weighted by molar-refractivity contribution is 1.20.